The van der Waals surface area contributed by atoms with Crippen LogP contribution in [0.3, 0.4) is 0 Å². The van der Waals surface area contributed by atoms with Gasteiger partial charge in [0, 0.05) is 5.69 Å². The molecule has 0 saturated carbocycles. The van der Waals surface area contributed by atoms with E-state index in [0.717, 1.165) is 16.8 Å². The second-order valence-corrected chi connectivity index (χ2v) is 4.55. The summed E-state index contributed by atoms with van der Waals surface area (Å²) >= 11 is 0. The first-order chi connectivity index (χ1) is 9.65. The smallest absolute Gasteiger partial charge is 0.306 e. The third kappa shape index (κ3) is 3.95. The van der Waals surface area contributed by atoms with E-state index < -0.39 is 0 Å². The third-order valence-electron chi connectivity index (χ3n) is 2.85. The number of anilines is 1. The van der Waals surface area contributed by atoms with Crippen molar-refractivity contribution in [1.82, 2.24) is 5.43 Å². The van der Waals surface area contributed by atoms with E-state index in [-0.39, 0.29) is 6.03 Å². The van der Waals surface area contributed by atoms with Gasteiger partial charge in [-0.05, 0) is 31.0 Å². The Bertz CT molecular complexity index is 618. The van der Waals surface area contributed by atoms with Crippen molar-refractivity contribution in [3.63, 3.8) is 0 Å². The molecule has 2 rings (SSSR count). The summed E-state index contributed by atoms with van der Waals surface area (Å²) in [5.41, 5.74) is 6.34. The van der Waals surface area contributed by atoms with Gasteiger partial charge >= 0.3 is 6.03 Å². The van der Waals surface area contributed by atoms with Crippen molar-refractivity contribution >= 4 is 17.9 Å². The largest absolute Gasteiger partial charge is 0.339 e. The minimum absolute atomic E-state index is 0.359. The van der Waals surface area contributed by atoms with Gasteiger partial charge in [0.05, 0.1) is 6.21 Å². The first-order valence-electron chi connectivity index (χ1n) is 6.37. The summed E-state index contributed by atoms with van der Waals surface area (Å²) in [6, 6.07) is 15.1. The van der Waals surface area contributed by atoms with Crippen LogP contribution in [-0.4, -0.2) is 12.2 Å². The molecule has 0 aromatic heterocycles. The van der Waals surface area contributed by atoms with Crippen molar-refractivity contribution in [3.05, 3.63) is 65.2 Å². The molecule has 0 fully saturated rings. The highest BCUT2D eigenvalue weighted by atomic mass is 16.2. The van der Waals surface area contributed by atoms with Gasteiger partial charge in [0.2, 0.25) is 0 Å². The molecule has 0 aliphatic heterocycles. The molecule has 0 saturated heterocycles. The van der Waals surface area contributed by atoms with E-state index in [0.29, 0.717) is 0 Å². The fourth-order valence-electron chi connectivity index (χ4n) is 1.68. The Morgan fingerprint density at radius 1 is 1.05 bits per heavy atom. The molecule has 2 amide bonds. The Labute approximate surface area is 118 Å². The number of rotatable bonds is 3. The summed E-state index contributed by atoms with van der Waals surface area (Å²) in [7, 11) is 0. The molecule has 0 aliphatic rings. The number of aryl methyl sites for hydroxylation is 2. The zero-order valence-electron chi connectivity index (χ0n) is 11.6. The number of hydrazone groups is 1. The molecule has 102 valence electrons. The predicted octanol–water partition coefficient (Wildman–Crippen LogP) is 3.46. The number of para-hydroxylation sites is 1. The van der Waals surface area contributed by atoms with Crippen LogP contribution in [0.1, 0.15) is 16.7 Å². The normalized spacial score (nSPS) is 10.5. The highest BCUT2D eigenvalue weighted by Crippen LogP contribution is 2.12. The molecule has 0 atom stereocenters. The van der Waals surface area contributed by atoms with Crippen LogP contribution < -0.4 is 10.7 Å². The minimum Gasteiger partial charge on any atom is -0.306 e. The maximum Gasteiger partial charge on any atom is 0.339 e. The van der Waals surface area contributed by atoms with Gasteiger partial charge < -0.3 is 5.32 Å². The molecule has 4 heteroatoms. The molecular formula is C16H17N3O. The maximum atomic E-state index is 11.7. The molecule has 2 aromatic rings. The lowest BCUT2D eigenvalue weighted by Gasteiger charge is -2.06. The summed E-state index contributed by atoms with van der Waals surface area (Å²) in [5.74, 6) is 0. The minimum atomic E-state index is -0.359. The molecule has 4 nitrogen and oxygen atoms in total. The Balaban J connectivity index is 1.89. The maximum absolute atomic E-state index is 11.7. The first kappa shape index (κ1) is 13.8. The van der Waals surface area contributed by atoms with Gasteiger partial charge in [0.25, 0.3) is 0 Å². The van der Waals surface area contributed by atoms with Gasteiger partial charge in [0.1, 0.15) is 0 Å². The quantitative estimate of drug-likeness (QED) is 0.649. The Hall–Kier alpha value is -2.62. The Kier molecular flexibility index (Phi) is 4.50. The van der Waals surface area contributed by atoms with Gasteiger partial charge in [0.15, 0.2) is 0 Å². The van der Waals surface area contributed by atoms with Gasteiger partial charge in [-0.1, -0.05) is 48.0 Å². The third-order valence-corrected chi connectivity index (χ3v) is 2.85. The molecule has 20 heavy (non-hydrogen) atoms. The number of carbonyl (C=O) groups is 1. The van der Waals surface area contributed by atoms with Crippen LogP contribution in [0.15, 0.2) is 53.6 Å². The molecule has 2 aromatic carbocycles. The highest BCUT2D eigenvalue weighted by Gasteiger charge is 2.01. The fourth-order valence-corrected chi connectivity index (χ4v) is 1.68. The molecule has 0 bridgehead atoms. The molecule has 0 unspecified atom stereocenters. The SMILES string of the molecule is Cc1ccc(/C=N\NC(=O)Nc2ccccc2C)cc1. The van der Waals surface area contributed by atoms with Crippen molar-refractivity contribution < 1.29 is 4.79 Å². The summed E-state index contributed by atoms with van der Waals surface area (Å²) in [6.07, 6.45) is 1.61. The van der Waals surface area contributed by atoms with Crippen molar-refractivity contribution in [2.45, 2.75) is 13.8 Å². The number of amides is 2. The molecule has 0 radical (unpaired) electrons. The number of nitrogens with zero attached hydrogens (tertiary/aromatic N) is 1. The second-order valence-electron chi connectivity index (χ2n) is 4.55. The van der Waals surface area contributed by atoms with E-state index >= 15 is 0 Å². The summed E-state index contributed by atoms with van der Waals surface area (Å²) in [6.45, 7) is 3.96. The topological polar surface area (TPSA) is 53.5 Å². The molecule has 0 spiro atoms. The lowest BCUT2D eigenvalue weighted by atomic mass is 10.2. The lowest BCUT2D eigenvalue weighted by molar-refractivity contribution is 0.252. The lowest BCUT2D eigenvalue weighted by Crippen LogP contribution is -2.24. The average Bonchev–Trinajstić information content (AvgIpc) is 2.44. The van der Waals surface area contributed by atoms with E-state index in [1.54, 1.807) is 6.21 Å². The van der Waals surface area contributed by atoms with Gasteiger partial charge in [-0.3, -0.25) is 0 Å². The molecule has 2 N–H and O–H groups in total. The van der Waals surface area contributed by atoms with Crippen LogP contribution in [0.2, 0.25) is 0 Å². The number of hydrogen-bond donors (Lipinski definition) is 2. The summed E-state index contributed by atoms with van der Waals surface area (Å²) in [4.78, 5) is 11.7. The van der Waals surface area contributed by atoms with Crippen LogP contribution in [0.4, 0.5) is 10.5 Å². The van der Waals surface area contributed by atoms with Crippen molar-refractivity contribution in [2.75, 3.05) is 5.32 Å². The van der Waals surface area contributed by atoms with Crippen molar-refractivity contribution in [3.8, 4) is 0 Å². The van der Waals surface area contributed by atoms with Gasteiger partial charge in [-0.2, -0.15) is 5.10 Å². The van der Waals surface area contributed by atoms with E-state index in [1.165, 1.54) is 5.56 Å². The van der Waals surface area contributed by atoms with Crippen molar-refractivity contribution in [1.29, 1.82) is 0 Å². The van der Waals surface area contributed by atoms with Gasteiger partial charge in [-0.15, -0.1) is 0 Å². The van der Waals surface area contributed by atoms with E-state index in [1.807, 2.05) is 62.4 Å². The second kappa shape index (κ2) is 6.52. The Morgan fingerprint density at radius 3 is 2.45 bits per heavy atom. The monoisotopic (exact) mass is 267 g/mol. The van der Waals surface area contributed by atoms with E-state index in [4.69, 9.17) is 0 Å². The zero-order chi connectivity index (χ0) is 14.4. The van der Waals surface area contributed by atoms with Crippen molar-refractivity contribution in [2.24, 2.45) is 5.10 Å². The van der Waals surface area contributed by atoms with E-state index in [2.05, 4.69) is 15.8 Å². The standard InChI is InChI=1S/C16H17N3O/c1-12-7-9-14(10-8-12)11-17-19-16(20)18-15-6-4-3-5-13(15)2/h3-11H,1-2H3,(H2,18,19,20)/b17-11-. The van der Waals surface area contributed by atoms with Crippen LogP contribution in [0, 0.1) is 13.8 Å². The molecule has 0 heterocycles. The first-order valence-corrected chi connectivity index (χ1v) is 6.37. The zero-order valence-corrected chi connectivity index (χ0v) is 11.6. The van der Waals surface area contributed by atoms with Crippen LogP contribution in [-0.2, 0) is 0 Å². The van der Waals surface area contributed by atoms with Gasteiger partial charge in [-0.25, -0.2) is 10.2 Å². The van der Waals surface area contributed by atoms with Crippen LogP contribution in [0.25, 0.3) is 0 Å². The average molecular weight is 267 g/mol. The number of carbonyl (C=O) groups excluding carboxylic acids is 1. The van der Waals surface area contributed by atoms with E-state index in [9.17, 15) is 4.79 Å². The predicted molar refractivity (Wildman–Crippen MR) is 82.1 cm³/mol. The summed E-state index contributed by atoms with van der Waals surface area (Å²) < 4.78 is 0. The number of benzene rings is 2. The highest BCUT2D eigenvalue weighted by molar-refractivity contribution is 5.91. The number of urea groups is 1. The fraction of sp³-hybridized carbons (Fsp3) is 0.125. The van der Waals surface area contributed by atoms with Crippen LogP contribution in [0.5, 0.6) is 0 Å². The van der Waals surface area contributed by atoms with Crippen LogP contribution >= 0.6 is 0 Å². The summed E-state index contributed by atoms with van der Waals surface area (Å²) in [5, 5.41) is 6.65. The Morgan fingerprint density at radius 2 is 1.75 bits per heavy atom. The number of nitrogens with one attached hydrogen (secondary N) is 2. The molecular weight excluding hydrogens is 250 g/mol. The number of hydrogen-bond acceptors (Lipinski definition) is 2. The molecule has 0 aliphatic carbocycles.